The third-order valence-corrected chi connectivity index (χ3v) is 2.48. The highest BCUT2D eigenvalue weighted by Crippen LogP contribution is 2.09. The van der Waals surface area contributed by atoms with Gasteiger partial charge in [0.15, 0.2) is 5.78 Å². The first-order valence-corrected chi connectivity index (χ1v) is 5.87. The molecule has 0 aromatic heterocycles. The van der Waals surface area contributed by atoms with Gasteiger partial charge in [0.25, 0.3) is 0 Å². The van der Waals surface area contributed by atoms with Crippen LogP contribution in [0, 0.1) is 0 Å². The Morgan fingerprint density at radius 2 is 1.50 bits per heavy atom. The van der Waals surface area contributed by atoms with Crippen molar-refractivity contribution in [2.45, 2.75) is 65.2 Å². The lowest BCUT2D eigenvalue weighted by Crippen LogP contribution is -1.97. The molecule has 14 heavy (non-hydrogen) atoms. The summed E-state index contributed by atoms with van der Waals surface area (Å²) < 4.78 is 0. The molecule has 1 nitrogen and oxygen atoms in total. The molecule has 0 atom stereocenters. The number of hydrogen-bond donors (Lipinski definition) is 0. The van der Waals surface area contributed by atoms with E-state index < -0.39 is 0 Å². The van der Waals surface area contributed by atoms with Crippen molar-refractivity contribution in [1.29, 1.82) is 0 Å². The average Bonchev–Trinajstić information content (AvgIpc) is 2.16. The van der Waals surface area contributed by atoms with E-state index in [0.29, 0.717) is 12.0 Å². The second-order valence-electron chi connectivity index (χ2n) is 4.07. The predicted molar refractivity (Wildman–Crippen MR) is 62.4 cm³/mol. The van der Waals surface area contributed by atoms with Gasteiger partial charge in [0, 0.05) is 6.42 Å². The van der Waals surface area contributed by atoms with Gasteiger partial charge in [-0.1, -0.05) is 52.0 Å². The fraction of sp³-hybridized carbons (Fsp3) is 0.769. The molecule has 0 amide bonds. The van der Waals surface area contributed by atoms with Crippen LogP contribution in [0.15, 0.2) is 12.2 Å². The van der Waals surface area contributed by atoms with Crippen LogP contribution in [0.4, 0.5) is 0 Å². The van der Waals surface area contributed by atoms with E-state index in [-0.39, 0.29) is 5.78 Å². The number of carbonyl (C=O) groups excluding carboxylic acids is 1. The second-order valence-corrected chi connectivity index (χ2v) is 4.07. The Kier molecular flexibility index (Phi) is 8.61. The molecule has 0 fully saturated rings. The van der Waals surface area contributed by atoms with Crippen LogP contribution in [0.3, 0.4) is 0 Å². The zero-order valence-corrected chi connectivity index (χ0v) is 9.77. The van der Waals surface area contributed by atoms with Gasteiger partial charge in [0.1, 0.15) is 0 Å². The van der Waals surface area contributed by atoms with Gasteiger partial charge in [-0.15, -0.1) is 0 Å². The number of rotatable bonds is 9. The average molecular weight is 196 g/mol. The molecule has 0 saturated carbocycles. The molecular formula is C13H24O. The Balaban J connectivity index is 3.13. The topological polar surface area (TPSA) is 17.1 Å². The fourth-order valence-corrected chi connectivity index (χ4v) is 1.46. The van der Waals surface area contributed by atoms with Gasteiger partial charge >= 0.3 is 0 Å². The molecule has 0 N–H and O–H groups in total. The molecule has 0 aromatic carbocycles. The van der Waals surface area contributed by atoms with E-state index >= 15 is 0 Å². The number of allylic oxidation sites excluding steroid dienone is 1. The van der Waals surface area contributed by atoms with Gasteiger partial charge in [0.2, 0.25) is 0 Å². The van der Waals surface area contributed by atoms with Crippen molar-refractivity contribution in [2.24, 2.45) is 0 Å². The van der Waals surface area contributed by atoms with E-state index in [2.05, 4.69) is 13.5 Å². The van der Waals surface area contributed by atoms with Gasteiger partial charge in [-0.05, 0) is 18.9 Å². The zero-order chi connectivity index (χ0) is 10.8. The lowest BCUT2D eigenvalue weighted by atomic mass is 10.0. The molecule has 0 aliphatic carbocycles. The van der Waals surface area contributed by atoms with Crippen molar-refractivity contribution in [1.82, 2.24) is 0 Å². The van der Waals surface area contributed by atoms with Crippen molar-refractivity contribution in [3.63, 3.8) is 0 Å². The van der Waals surface area contributed by atoms with Crippen molar-refractivity contribution < 1.29 is 4.79 Å². The minimum Gasteiger partial charge on any atom is -0.295 e. The minimum atomic E-state index is 0.235. The molecule has 0 spiro atoms. The normalized spacial score (nSPS) is 10.1. The molecular weight excluding hydrogens is 172 g/mol. The monoisotopic (exact) mass is 196 g/mol. The highest BCUT2D eigenvalue weighted by atomic mass is 16.1. The largest absolute Gasteiger partial charge is 0.295 e. The predicted octanol–water partition coefficient (Wildman–Crippen LogP) is 4.27. The van der Waals surface area contributed by atoms with Crippen LogP contribution < -0.4 is 0 Å². The summed E-state index contributed by atoms with van der Waals surface area (Å²) in [6.45, 7) is 7.67. The quantitative estimate of drug-likeness (QED) is 0.397. The Morgan fingerprint density at radius 3 is 2.00 bits per heavy atom. The molecule has 0 unspecified atom stereocenters. The Labute approximate surface area is 88.6 Å². The van der Waals surface area contributed by atoms with E-state index in [1.807, 2.05) is 0 Å². The van der Waals surface area contributed by atoms with E-state index in [1.165, 1.54) is 38.5 Å². The fourth-order valence-electron chi connectivity index (χ4n) is 1.46. The van der Waals surface area contributed by atoms with Crippen molar-refractivity contribution in [2.75, 3.05) is 0 Å². The van der Waals surface area contributed by atoms with Crippen LogP contribution in [-0.4, -0.2) is 5.78 Å². The standard InChI is InChI=1S/C13H24O/c1-4-5-6-7-8-9-10-11-13(14)12(2)3/h2,4-11H2,1,3H3. The van der Waals surface area contributed by atoms with Gasteiger partial charge in [-0.2, -0.15) is 0 Å². The van der Waals surface area contributed by atoms with Gasteiger partial charge in [-0.25, -0.2) is 0 Å². The lowest BCUT2D eigenvalue weighted by molar-refractivity contribution is -0.115. The number of hydrogen-bond acceptors (Lipinski definition) is 1. The van der Waals surface area contributed by atoms with Crippen molar-refractivity contribution in [3.05, 3.63) is 12.2 Å². The first-order chi connectivity index (χ1) is 6.68. The lowest BCUT2D eigenvalue weighted by Gasteiger charge is -2.00. The maximum absolute atomic E-state index is 11.2. The molecule has 0 rings (SSSR count). The zero-order valence-electron chi connectivity index (χ0n) is 9.77. The summed E-state index contributed by atoms with van der Waals surface area (Å²) in [5.74, 6) is 0.235. The van der Waals surface area contributed by atoms with Gasteiger partial charge < -0.3 is 0 Å². The molecule has 0 bridgehead atoms. The van der Waals surface area contributed by atoms with Crippen LogP contribution in [0.5, 0.6) is 0 Å². The van der Waals surface area contributed by atoms with Crippen molar-refractivity contribution in [3.8, 4) is 0 Å². The summed E-state index contributed by atoms with van der Waals surface area (Å²) in [5, 5.41) is 0. The summed E-state index contributed by atoms with van der Waals surface area (Å²) in [4.78, 5) is 11.2. The maximum atomic E-state index is 11.2. The molecule has 0 aliphatic rings. The van der Waals surface area contributed by atoms with Crippen LogP contribution in [0.1, 0.15) is 65.2 Å². The van der Waals surface area contributed by atoms with E-state index in [4.69, 9.17) is 0 Å². The van der Waals surface area contributed by atoms with E-state index in [9.17, 15) is 4.79 Å². The molecule has 0 saturated heterocycles. The number of unbranched alkanes of at least 4 members (excludes halogenated alkanes) is 6. The Bertz CT molecular complexity index is 170. The molecule has 0 heterocycles. The smallest absolute Gasteiger partial charge is 0.157 e. The molecule has 82 valence electrons. The van der Waals surface area contributed by atoms with Crippen LogP contribution in [0.2, 0.25) is 0 Å². The van der Waals surface area contributed by atoms with Gasteiger partial charge in [0.05, 0.1) is 0 Å². The van der Waals surface area contributed by atoms with E-state index in [1.54, 1.807) is 6.92 Å². The van der Waals surface area contributed by atoms with E-state index in [0.717, 1.165) is 6.42 Å². The van der Waals surface area contributed by atoms with Crippen LogP contribution >= 0.6 is 0 Å². The minimum absolute atomic E-state index is 0.235. The summed E-state index contributed by atoms with van der Waals surface area (Å²) in [6, 6.07) is 0. The number of ketones is 1. The number of Topliss-reactive ketones (excluding diaryl/α,β-unsaturated/α-hetero) is 1. The number of carbonyl (C=O) groups is 1. The molecule has 0 aliphatic heterocycles. The highest BCUT2D eigenvalue weighted by molar-refractivity contribution is 5.93. The highest BCUT2D eigenvalue weighted by Gasteiger charge is 2.00. The Morgan fingerprint density at radius 1 is 1.00 bits per heavy atom. The Hall–Kier alpha value is -0.590. The molecule has 0 aromatic rings. The summed E-state index contributed by atoms with van der Waals surface area (Å²) >= 11 is 0. The van der Waals surface area contributed by atoms with Gasteiger partial charge in [-0.3, -0.25) is 4.79 Å². The molecule has 0 radical (unpaired) electrons. The first-order valence-electron chi connectivity index (χ1n) is 5.87. The third-order valence-electron chi connectivity index (χ3n) is 2.48. The second kappa shape index (κ2) is 8.98. The third kappa shape index (κ3) is 8.03. The van der Waals surface area contributed by atoms with Crippen LogP contribution in [-0.2, 0) is 4.79 Å². The molecule has 1 heteroatoms. The van der Waals surface area contributed by atoms with Crippen LogP contribution in [0.25, 0.3) is 0 Å². The summed E-state index contributed by atoms with van der Waals surface area (Å²) in [6.07, 6.45) is 9.55. The summed E-state index contributed by atoms with van der Waals surface area (Å²) in [5.41, 5.74) is 0.705. The SMILES string of the molecule is C=C(C)C(=O)CCCCCCCCC. The summed E-state index contributed by atoms with van der Waals surface area (Å²) in [7, 11) is 0. The maximum Gasteiger partial charge on any atom is 0.157 e. The van der Waals surface area contributed by atoms with Crippen molar-refractivity contribution >= 4 is 5.78 Å². The first kappa shape index (κ1) is 13.4.